The van der Waals surface area contributed by atoms with E-state index in [1.165, 1.54) is 0 Å². The average Bonchev–Trinajstić information content (AvgIpc) is 3.28. The Bertz CT molecular complexity index is 1310. The van der Waals surface area contributed by atoms with E-state index in [9.17, 15) is 5.11 Å². The van der Waals surface area contributed by atoms with Crippen molar-refractivity contribution in [3.8, 4) is 0 Å². The fraction of sp³-hybridized carbons (Fsp3) is 0.222. The van der Waals surface area contributed by atoms with Crippen molar-refractivity contribution in [2.45, 2.75) is 25.4 Å². The molecule has 0 bridgehead atoms. The summed E-state index contributed by atoms with van der Waals surface area (Å²) in [5.74, 6) is 2.76. The first-order valence-corrected chi connectivity index (χ1v) is 12.0. The first kappa shape index (κ1) is 23.1. The number of hydrogen-bond donors (Lipinski definition) is 3. The summed E-state index contributed by atoms with van der Waals surface area (Å²) >= 11 is 6.03. The van der Waals surface area contributed by atoms with Gasteiger partial charge in [-0.05, 0) is 49.1 Å². The smallest absolute Gasteiger partial charge is 0.156 e. The Balaban J connectivity index is 1.39. The molecule has 1 aliphatic rings. The number of nitrogens with zero attached hydrogens (tertiary/aromatic N) is 4. The normalized spacial score (nSPS) is 15.5. The minimum atomic E-state index is -0.877. The van der Waals surface area contributed by atoms with Crippen molar-refractivity contribution >= 4 is 41.2 Å². The number of hydrogen-bond acceptors (Lipinski definition) is 6. The number of aromatic nitrogens is 4. The Morgan fingerprint density at radius 1 is 0.971 bits per heavy atom. The topological polar surface area (TPSA) is 90.0 Å². The van der Waals surface area contributed by atoms with Crippen molar-refractivity contribution < 1.29 is 5.11 Å². The third-order valence-corrected chi connectivity index (χ3v) is 6.46. The molecule has 0 atom stereocenters. The SMILES string of the molecule is Cc1cc(Nc2cc(N3CCC(O)(c4ccc(Cl)cc4)CC3)nc(/C=C/c3ccccc3)n2)n[nH]1. The molecule has 2 aromatic heterocycles. The first-order chi connectivity index (χ1) is 17.0. The zero-order chi connectivity index (χ0) is 24.3. The van der Waals surface area contributed by atoms with Crippen LogP contribution in [0, 0.1) is 6.92 Å². The van der Waals surface area contributed by atoms with E-state index in [0.29, 0.717) is 48.4 Å². The van der Waals surface area contributed by atoms with Crippen LogP contribution in [0.1, 0.15) is 35.5 Å². The number of aromatic amines is 1. The van der Waals surface area contributed by atoms with Crippen LogP contribution in [0.2, 0.25) is 5.02 Å². The lowest BCUT2D eigenvalue weighted by Crippen LogP contribution is -2.43. The van der Waals surface area contributed by atoms with E-state index >= 15 is 0 Å². The van der Waals surface area contributed by atoms with E-state index < -0.39 is 5.60 Å². The van der Waals surface area contributed by atoms with Gasteiger partial charge in [-0.1, -0.05) is 60.1 Å². The minimum absolute atomic E-state index is 0.592. The molecular formula is C27H27ClN6O. The number of H-pyrrole nitrogens is 1. The zero-order valence-corrected chi connectivity index (χ0v) is 20.2. The van der Waals surface area contributed by atoms with Crippen molar-refractivity contribution in [1.82, 2.24) is 20.2 Å². The highest BCUT2D eigenvalue weighted by atomic mass is 35.5. The number of aliphatic hydroxyl groups is 1. The highest BCUT2D eigenvalue weighted by Crippen LogP contribution is 2.35. The molecule has 8 heteroatoms. The number of aryl methyl sites for hydroxylation is 1. The van der Waals surface area contributed by atoms with Gasteiger partial charge in [0.05, 0.1) is 5.60 Å². The summed E-state index contributed by atoms with van der Waals surface area (Å²) in [4.78, 5) is 11.7. The van der Waals surface area contributed by atoms with Crippen LogP contribution in [-0.4, -0.2) is 38.4 Å². The van der Waals surface area contributed by atoms with Crippen LogP contribution in [0.5, 0.6) is 0 Å². The Hall–Kier alpha value is -3.68. The van der Waals surface area contributed by atoms with Gasteiger partial charge in [0.15, 0.2) is 11.6 Å². The molecule has 3 heterocycles. The summed E-state index contributed by atoms with van der Waals surface area (Å²) in [6, 6.07) is 21.4. The molecule has 4 aromatic rings. The molecule has 0 amide bonds. The lowest BCUT2D eigenvalue weighted by atomic mass is 9.84. The zero-order valence-electron chi connectivity index (χ0n) is 19.4. The first-order valence-electron chi connectivity index (χ1n) is 11.6. The Kier molecular flexibility index (Phi) is 6.53. The van der Waals surface area contributed by atoms with Gasteiger partial charge >= 0.3 is 0 Å². The standard InChI is InChI=1S/C27H27ClN6O/c1-19-17-25(33-32-19)30-24-18-26(31-23(29-24)12-7-20-5-3-2-4-6-20)34-15-13-27(35,14-16-34)21-8-10-22(28)11-9-21/h2-12,17-18,35H,13-16H2,1H3,(H2,29,30,31,32,33)/b12-7+. The predicted octanol–water partition coefficient (Wildman–Crippen LogP) is 5.56. The minimum Gasteiger partial charge on any atom is -0.385 e. The highest BCUT2D eigenvalue weighted by Gasteiger charge is 2.34. The Morgan fingerprint density at radius 3 is 2.40 bits per heavy atom. The second-order valence-corrected chi connectivity index (χ2v) is 9.24. The van der Waals surface area contributed by atoms with Crippen molar-refractivity contribution in [2.75, 3.05) is 23.3 Å². The third kappa shape index (κ3) is 5.53. The van der Waals surface area contributed by atoms with Crippen LogP contribution in [0.4, 0.5) is 17.5 Å². The molecule has 178 valence electrons. The van der Waals surface area contributed by atoms with Gasteiger partial charge in [0.2, 0.25) is 0 Å². The molecule has 0 aliphatic carbocycles. The van der Waals surface area contributed by atoms with Crippen molar-refractivity contribution in [3.63, 3.8) is 0 Å². The molecule has 1 fully saturated rings. The highest BCUT2D eigenvalue weighted by molar-refractivity contribution is 6.30. The van der Waals surface area contributed by atoms with Gasteiger partial charge in [-0.2, -0.15) is 5.10 Å². The van der Waals surface area contributed by atoms with E-state index in [1.54, 1.807) is 0 Å². The second kappa shape index (κ2) is 9.90. The quantitative estimate of drug-likeness (QED) is 0.330. The molecule has 0 spiro atoms. The lowest BCUT2D eigenvalue weighted by Gasteiger charge is -2.39. The molecule has 3 N–H and O–H groups in total. The molecule has 5 rings (SSSR count). The van der Waals surface area contributed by atoms with Crippen molar-refractivity contribution in [2.24, 2.45) is 0 Å². The molecular weight excluding hydrogens is 460 g/mol. The summed E-state index contributed by atoms with van der Waals surface area (Å²) in [5, 5.41) is 22.4. The lowest BCUT2D eigenvalue weighted by molar-refractivity contribution is 0.0116. The molecule has 0 radical (unpaired) electrons. The van der Waals surface area contributed by atoms with E-state index in [4.69, 9.17) is 16.6 Å². The molecule has 7 nitrogen and oxygen atoms in total. The van der Waals surface area contributed by atoms with Crippen molar-refractivity contribution in [3.05, 3.63) is 94.4 Å². The van der Waals surface area contributed by atoms with Gasteiger partial charge < -0.3 is 15.3 Å². The van der Waals surface area contributed by atoms with E-state index in [-0.39, 0.29) is 0 Å². The maximum absolute atomic E-state index is 11.3. The summed E-state index contributed by atoms with van der Waals surface area (Å²) < 4.78 is 0. The van der Waals surface area contributed by atoms with Crippen LogP contribution < -0.4 is 10.2 Å². The van der Waals surface area contributed by atoms with Crippen LogP contribution in [0.3, 0.4) is 0 Å². The summed E-state index contributed by atoms with van der Waals surface area (Å²) in [7, 11) is 0. The molecule has 0 unspecified atom stereocenters. The summed E-state index contributed by atoms with van der Waals surface area (Å²) in [6.45, 7) is 3.28. The van der Waals surface area contributed by atoms with Gasteiger partial charge in [-0.3, -0.25) is 5.10 Å². The van der Waals surface area contributed by atoms with Gasteiger partial charge in [-0.25, -0.2) is 9.97 Å². The molecule has 2 aromatic carbocycles. The van der Waals surface area contributed by atoms with Gasteiger partial charge in [0.1, 0.15) is 11.6 Å². The molecule has 1 aliphatic heterocycles. The second-order valence-electron chi connectivity index (χ2n) is 8.80. The van der Waals surface area contributed by atoms with Crippen LogP contribution in [-0.2, 0) is 5.60 Å². The molecule has 1 saturated heterocycles. The summed E-state index contributed by atoms with van der Waals surface area (Å²) in [6.07, 6.45) is 5.09. The van der Waals surface area contributed by atoms with Crippen LogP contribution in [0.15, 0.2) is 66.7 Å². The summed E-state index contributed by atoms with van der Waals surface area (Å²) in [5.41, 5.74) is 2.05. The maximum Gasteiger partial charge on any atom is 0.156 e. The van der Waals surface area contributed by atoms with E-state index in [2.05, 4.69) is 25.4 Å². The predicted molar refractivity (Wildman–Crippen MR) is 141 cm³/mol. The van der Waals surface area contributed by atoms with Gasteiger partial charge in [-0.15, -0.1) is 0 Å². The number of rotatable bonds is 6. The largest absolute Gasteiger partial charge is 0.385 e. The number of benzene rings is 2. The molecule has 0 saturated carbocycles. The number of halogens is 1. The monoisotopic (exact) mass is 486 g/mol. The van der Waals surface area contributed by atoms with Gasteiger partial charge in [0.25, 0.3) is 0 Å². The Labute approximate surface area is 209 Å². The van der Waals surface area contributed by atoms with Crippen LogP contribution >= 0.6 is 11.6 Å². The van der Waals surface area contributed by atoms with E-state index in [0.717, 1.165) is 22.6 Å². The fourth-order valence-electron chi connectivity index (χ4n) is 4.26. The molecule has 35 heavy (non-hydrogen) atoms. The van der Waals surface area contributed by atoms with Gasteiger partial charge in [0, 0.05) is 35.9 Å². The van der Waals surface area contributed by atoms with E-state index in [1.807, 2.05) is 85.8 Å². The number of piperidine rings is 1. The number of anilines is 3. The van der Waals surface area contributed by atoms with Crippen molar-refractivity contribution in [1.29, 1.82) is 0 Å². The number of nitrogens with one attached hydrogen (secondary N) is 2. The third-order valence-electron chi connectivity index (χ3n) is 6.21. The van der Waals surface area contributed by atoms with Crippen LogP contribution in [0.25, 0.3) is 12.2 Å². The fourth-order valence-corrected chi connectivity index (χ4v) is 4.38. The maximum atomic E-state index is 11.3. The Morgan fingerprint density at radius 2 is 1.71 bits per heavy atom. The average molecular weight is 487 g/mol.